The lowest BCUT2D eigenvalue weighted by Crippen LogP contribution is -2.52. The van der Waals surface area contributed by atoms with E-state index in [-0.39, 0.29) is 17.7 Å². The molecule has 0 spiro atoms. The molecule has 0 bridgehead atoms. The van der Waals surface area contributed by atoms with E-state index in [1.165, 1.54) is 0 Å². The summed E-state index contributed by atoms with van der Waals surface area (Å²) in [6.45, 7) is 6.17. The fourth-order valence-electron chi connectivity index (χ4n) is 4.11. The molecule has 6 nitrogen and oxygen atoms in total. The standard InChI is InChI=1S/C20H30N4O2/c1-2-13-24(18-7-11-22-12-8-18)20(26)17-4-3-14-23(15-17)19(25)16-5-9-21-10-6-16/h5-6,9-10,17-18,22H,2-4,7-8,11-15H2,1H3. The minimum absolute atomic E-state index is 0.00816. The zero-order valence-electron chi connectivity index (χ0n) is 15.7. The van der Waals surface area contributed by atoms with Gasteiger partial charge < -0.3 is 15.1 Å². The molecule has 142 valence electrons. The monoisotopic (exact) mass is 358 g/mol. The fraction of sp³-hybridized carbons (Fsp3) is 0.650. The summed E-state index contributed by atoms with van der Waals surface area (Å²) in [7, 11) is 0. The number of hydrogen-bond acceptors (Lipinski definition) is 4. The molecule has 1 aromatic rings. The van der Waals surface area contributed by atoms with E-state index in [0.717, 1.165) is 58.3 Å². The number of pyridine rings is 1. The highest BCUT2D eigenvalue weighted by Gasteiger charge is 2.34. The first kappa shape index (κ1) is 18.8. The van der Waals surface area contributed by atoms with Crippen LogP contribution in [0.4, 0.5) is 0 Å². The molecule has 2 fully saturated rings. The van der Waals surface area contributed by atoms with Gasteiger partial charge in [0.25, 0.3) is 5.91 Å². The maximum absolute atomic E-state index is 13.2. The number of carbonyl (C=O) groups is 2. The van der Waals surface area contributed by atoms with Crippen LogP contribution in [0.5, 0.6) is 0 Å². The van der Waals surface area contributed by atoms with Gasteiger partial charge in [-0.25, -0.2) is 0 Å². The average molecular weight is 358 g/mol. The first-order chi connectivity index (χ1) is 12.7. The van der Waals surface area contributed by atoms with Crippen LogP contribution in [0.2, 0.25) is 0 Å². The van der Waals surface area contributed by atoms with Gasteiger partial charge in [-0.1, -0.05) is 6.92 Å². The summed E-state index contributed by atoms with van der Waals surface area (Å²) in [5, 5.41) is 3.37. The van der Waals surface area contributed by atoms with Crippen LogP contribution in [-0.2, 0) is 4.79 Å². The smallest absolute Gasteiger partial charge is 0.253 e. The highest BCUT2D eigenvalue weighted by Crippen LogP contribution is 2.23. The lowest BCUT2D eigenvalue weighted by molar-refractivity contribution is -0.140. The summed E-state index contributed by atoms with van der Waals surface area (Å²) in [5.74, 6) is 0.177. The van der Waals surface area contributed by atoms with E-state index < -0.39 is 0 Å². The number of likely N-dealkylation sites (tertiary alicyclic amines) is 1. The normalized spacial score (nSPS) is 21.4. The molecular formula is C20H30N4O2. The number of piperidine rings is 2. The van der Waals surface area contributed by atoms with Crippen molar-refractivity contribution in [1.29, 1.82) is 0 Å². The number of amides is 2. The van der Waals surface area contributed by atoms with Crippen LogP contribution in [-0.4, -0.2) is 65.4 Å². The van der Waals surface area contributed by atoms with Crippen molar-refractivity contribution in [2.45, 2.75) is 45.1 Å². The Balaban J connectivity index is 1.67. The fourth-order valence-corrected chi connectivity index (χ4v) is 4.11. The molecule has 26 heavy (non-hydrogen) atoms. The van der Waals surface area contributed by atoms with Crippen LogP contribution in [0.3, 0.4) is 0 Å². The Morgan fingerprint density at radius 1 is 1.23 bits per heavy atom. The molecule has 0 saturated carbocycles. The second kappa shape index (κ2) is 9.12. The Labute approximate surface area is 156 Å². The van der Waals surface area contributed by atoms with Crippen molar-refractivity contribution in [3.05, 3.63) is 30.1 Å². The molecule has 1 atom stereocenters. The summed E-state index contributed by atoms with van der Waals surface area (Å²) >= 11 is 0. The van der Waals surface area contributed by atoms with Crippen molar-refractivity contribution in [1.82, 2.24) is 20.1 Å². The Hall–Kier alpha value is -1.95. The Morgan fingerprint density at radius 3 is 2.65 bits per heavy atom. The van der Waals surface area contributed by atoms with Gasteiger partial charge in [0.1, 0.15) is 0 Å². The summed E-state index contributed by atoms with van der Waals surface area (Å²) < 4.78 is 0. The highest BCUT2D eigenvalue weighted by molar-refractivity contribution is 5.94. The third-order valence-corrected chi connectivity index (χ3v) is 5.48. The predicted molar refractivity (Wildman–Crippen MR) is 101 cm³/mol. The second-order valence-electron chi connectivity index (χ2n) is 7.34. The quantitative estimate of drug-likeness (QED) is 0.873. The Bertz CT molecular complexity index is 601. The number of nitrogens with one attached hydrogen (secondary N) is 1. The van der Waals surface area contributed by atoms with Crippen molar-refractivity contribution >= 4 is 11.8 Å². The van der Waals surface area contributed by atoms with Gasteiger partial charge in [0.2, 0.25) is 5.91 Å². The van der Waals surface area contributed by atoms with E-state index in [0.29, 0.717) is 18.2 Å². The van der Waals surface area contributed by atoms with Crippen molar-refractivity contribution < 1.29 is 9.59 Å². The van der Waals surface area contributed by atoms with Gasteiger partial charge >= 0.3 is 0 Å². The lowest BCUT2D eigenvalue weighted by atomic mass is 9.94. The molecule has 1 aromatic heterocycles. The largest absolute Gasteiger partial charge is 0.339 e. The lowest BCUT2D eigenvalue weighted by Gasteiger charge is -2.39. The molecule has 0 aliphatic carbocycles. The van der Waals surface area contributed by atoms with E-state index in [9.17, 15) is 9.59 Å². The minimum atomic E-state index is -0.0732. The first-order valence-electron chi connectivity index (χ1n) is 9.91. The van der Waals surface area contributed by atoms with E-state index in [1.54, 1.807) is 24.5 Å². The SMILES string of the molecule is CCCN(C(=O)C1CCCN(C(=O)c2ccncc2)C1)C1CCNCC1. The van der Waals surface area contributed by atoms with E-state index in [4.69, 9.17) is 0 Å². The topological polar surface area (TPSA) is 65.5 Å². The number of hydrogen-bond donors (Lipinski definition) is 1. The molecular weight excluding hydrogens is 328 g/mol. The van der Waals surface area contributed by atoms with Crippen molar-refractivity contribution in [3.63, 3.8) is 0 Å². The predicted octanol–water partition coefficient (Wildman–Crippen LogP) is 1.92. The van der Waals surface area contributed by atoms with Crippen LogP contribution in [0, 0.1) is 5.92 Å². The highest BCUT2D eigenvalue weighted by atomic mass is 16.2. The molecule has 3 rings (SSSR count). The van der Waals surface area contributed by atoms with Gasteiger partial charge in [0.15, 0.2) is 0 Å². The molecule has 1 unspecified atom stereocenters. The van der Waals surface area contributed by atoms with E-state index in [1.807, 2.05) is 4.90 Å². The van der Waals surface area contributed by atoms with E-state index in [2.05, 4.69) is 22.1 Å². The van der Waals surface area contributed by atoms with Crippen LogP contribution in [0.25, 0.3) is 0 Å². The average Bonchev–Trinajstić information content (AvgIpc) is 2.72. The number of carbonyl (C=O) groups excluding carboxylic acids is 2. The zero-order chi connectivity index (χ0) is 18.4. The molecule has 2 aliphatic heterocycles. The van der Waals surface area contributed by atoms with Gasteiger partial charge in [0.05, 0.1) is 5.92 Å². The Morgan fingerprint density at radius 2 is 1.96 bits per heavy atom. The third kappa shape index (κ3) is 4.41. The van der Waals surface area contributed by atoms with Crippen LogP contribution in [0.1, 0.15) is 49.4 Å². The summed E-state index contributed by atoms with van der Waals surface area (Å²) in [6.07, 6.45) is 8.07. The zero-order valence-corrected chi connectivity index (χ0v) is 15.7. The van der Waals surface area contributed by atoms with Gasteiger partial charge in [-0.15, -0.1) is 0 Å². The van der Waals surface area contributed by atoms with Crippen molar-refractivity contribution in [2.75, 3.05) is 32.7 Å². The number of aromatic nitrogens is 1. The third-order valence-electron chi connectivity index (χ3n) is 5.48. The number of nitrogens with zero attached hydrogens (tertiary/aromatic N) is 3. The molecule has 3 heterocycles. The molecule has 0 aromatic carbocycles. The van der Waals surface area contributed by atoms with Crippen LogP contribution in [0.15, 0.2) is 24.5 Å². The molecule has 2 saturated heterocycles. The summed E-state index contributed by atoms with van der Waals surface area (Å²) in [4.78, 5) is 33.9. The van der Waals surface area contributed by atoms with Gasteiger partial charge in [0, 0.05) is 43.6 Å². The maximum atomic E-state index is 13.2. The van der Waals surface area contributed by atoms with Crippen LogP contribution >= 0.6 is 0 Å². The summed E-state index contributed by atoms with van der Waals surface area (Å²) in [5.41, 5.74) is 0.650. The van der Waals surface area contributed by atoms with Gasteiger partial charge in [-0.3, -0.25) is 14.6 Å². The first-order valence-corrected chi connectivity index (χ1v) is 9.91. The molecule has 6 heteroatoms. The molecule has 0 radical (unpaired) electrons. The number of rotatable bonds is 5. The molecule has 2 aliphatic rings. The van der Waals surface area contributed by atoms with Crippen molar-refractivity contribution in [3.8, 4) is 0 Å². The summed E-state index contributed by atoms with van der Waals surface area (Å²) in [6, 6.07) is 3.83. The van der Waals surface area contributed by atoms with Crippen LogP contribution < -0.4 is 5.32 Å². The van der Waals surface area contributed by atoms with E-state index >= 15 is 0 Å². The van der Waals surface area contributed by atoms with Gasteiger partial charge in [-0.05, 0) is 57.3 Å². The molecule has 2 amide bonds. The second-order valence-corrected chi connectivity index (χ2v) is 7.34. The Kier molecular flexibility index (Phi) is 6.61. The minimum Gasteiger partial charge on any atom is -0.339 e. The van der Waals surface area contributed by atoms with Crippen molar-refractivity contribution in [2.24, 2.45) is 5.92 Å². The maximum Gasteiger partial charge on any atom is 0.253 e. The van der Waals surface area contributed by atoms with Gasteiger partial charge in [-0.2, -0.15) is 0 Å². The molecule has 1 N–H and O–H groups in total.